The van der Waals surface area contributed by atoms with E-state index in [1.54, 1.807) is 12.1 Å². The van der Waals surface area contributed by atoms with Crippen LogP contribution in [0, 0.1) is 5.82 Å². The lowest BCUT2D eigenvalue weighted by molar-refractivity contribution is 0.628. The van der Waals surface area contributed by atoms with Gasteiger partial charge in [0.25, 0.3) is 0 Å². The summed E-state index contributed by atoms with van der Waals surface area (Å²) in [6.45, 7) is 0. The first-order valence-electron chi connectivity index (χ1n) is 50.9. The van der Waals surface area contributed by atoms with Crippen LogP contribution < -0.4 is 0 Å². The van der Waals surface area contributed by atoms with Gasteiger partial charge < -0.3 is 27.8 Å². The molecule has 596 valence electrons. The van der Waals surface area contributed by atoms with E-state index in [1.165, 1.54) is 77.9 Å². The van der Waals surface area contributed by atoms with Gasteiger partial charge in [-0.25, -0.2) is 34.3 Å². The second-order valence-corrected chi connectivity index (χ2v) is 30.5. The van der Waals surface area contributed by atoms with E-state index < -0.39 is 127 Å². The molecule has 0 saturated heterocycles. The fraction of sp³-hybridized carbons (Fsp3) is 0. The molecule has 127 heavy (non-hydrogen) atoms. The molecule has 0 amide bonds. The SMILES string of the molecule is [2H]c1c([2H])c([2H])c(-c2nc(-c3ccc(-n4c5ccc(-n6c7ccccc7c7ccccc76)cc5c5cc(-n6c7ccccc7c7ccccc76)ccc54)cc3)nc(-c3c([2H])c([2H])c([2H])c([2H])c3[2H])n2)c([2H])c1[2H].[2H]c1c([2H])c([2H])c(-c2nc(-c3ccc(F)cc3)nc(-c3c([2H])c([2H])c([2H])c([2H])c3[2H])n2)c([2H])c1[2H].c1ccc2c(c1)c1ccccc1n2-c1ccc2[nH]c3ccc(-n4c5ccccc5c5ccccc54)cc3c2c1. The average Bonchev–Trinajstić information content (AvgIpc) is 1.58. The van der Waals surface area contributed by atoms with Crippen molar-refractivity contribution in [3.8, 4) is 96.8 Å². The summed E-state index contributed by atoms with van der Waals surface area (Å²) in [6.07, 6.45) is 0. The summed E-state index contributed by atoms with van der Waals surface area (Å²) in [6, 6.07) is 95.4. The molecule has 0 aliphatic rings. The van der Waals surface area contributed by atoms with Crippen molar-refractivity contribution in [1.29, 1.82) is 0 Å². The van der Waals surface area contributed by atoms with Crippen LogP contribution in [0.25, 0.3) is 228 Å². The molecule has 26 rings (SSSR count). The van der Waals surface area contributed by atoms with Crippen LogP contribution in [-0.2, 0) is 0 Å². The number of nitrogens with one attached hydrogen (secondary N) is 1. The van der Waals surface area contributed by atoms with E-state index in [0.717, 1.165) is 106 Å². The van der Waals surface area contributed by atoms with Gasteiger partial charge in [-0.05, 0) is 170 Å². The Bertz CT molecular complexity index is 9290. The molecule has 0 spiro atoms. The van der Waals surface area contributed by atoms with Gasteiger partial charge in [0, 0.05) is 137 Å². The van der Waals surface area contributed by atoms with E-state index in [1.807, 2.05) is 12.1 Å². The normalized spacial score (nSPS) is 13.9. The molecule has 0 saturated carbocycles. The predicted molar refractivity (Wildman–Crippen MR) is 520 cm³/mol. The van der Waals surface area contributed by atoms with E-state index >= 15 is 0 Å². The Kier molecular flexibility index (Phi) is 13.4. The highest BCUT2D eigenvalue weighted by atomic mass is 19.1. The lowest BCUT2D eigenvalue weighted by Gasteiger charge is -2.12. The Morgan fingerprint density at radius 3 is 0.661 bits per heavy atom. The van der Waals surface area contributed by atoms with Gasteiger partial charge in [0.15, 0.2) is 34.9 Å². The lowest BCUT2D eigenvalue weighted by atomic mass is 10.1. The monoisotopic (exact) mass is 1650 g/mol. The van der Waals surface area contributed by atoms with Crippen LogP contribution in [0.4, 0.5) is 4.39 Å². The summed E-state index contributed by atoms with van der Waals surface area (Å²) in [5, 5.41) is 14.3. The van der Waals surface area contributed by atoms with Gasteiger partial charge in [0.05, 0.1) is 82.6 Å². The molecule has 0 aliphatic carbocycles. The van der Waals surface area contributed by atoms with Crippen LogP contribution >= 0.6 is 0 Å². The van der Waals surface area contributed by atoms with Crippen molar-refractivity contribution < 1.29 is 31.8 Å². The van der Waals surface area contributed by atoms with Crippen molar-refractivity contribution in [1.82, 2.24) is 57.7 Å². The highest BCUT2D eigenvalue weighted by Gasteiger charge is 2.23. The van der Waals surface area contributed by atoms with Crippen LogP contribution in [0.15, 0.2) is 436 Å². The number of hydrogen-bond acceptors (Lipinski definition) is 6. The zero-order valence-electron chi connectivity index (χ0n) is 86.8. The number of fused-ring (bicyclic) bond motifs is 18. The molecular weight excluding hydrogens is 1560 g/mol. The zero-order valence-corrected chi connectivity index (χ0v) is 66.8. The molecule has 0 aliphatic heterocycles. The smallest absolute Gasteiger partial charge is 0.164 e. The highest BCUT2D eigenvalue weighted by molar-refractivity contribution is 6.16. The van der Waals surface area contributed by atoms with Crippen molar-refractivity contribution in [2.75, 3.05) is 0 Å². The summed E-state index contributed by atoms with van der Waals surface area (Å²) < 4.78 is 190. The van der Waals surface area contributed by atoms with Crippen LogP contribution in [0.3, 0.4) is 0 Å². The molecule has 8 aromatic heterocycles. The van der Waals surface area contributed by atoms with Crippen molar-refractivity contribution in [2.24, 2.45) is 0 Å². The minimum Gasteiger partial charge on any atom is -0.355 e. The Morgan fingerprint density at radius 2 is 0.394 bits per heavy atom. The predicted octanol–water partition coefficient (Wildman–Crippen LogP) is 28.7. The van der Waals surface area contributed by atoms with Gasteiger partial charge in [-0.15, -0.1) is 0 Å². The van der Waals surface area contributed by atoms with Gasteiger partial charge in [0.2, 0.25) is 0 Å². The number of H-pyrrole nitrogens is 1. The maximum atomic E-state index is 13.5. The van der Waals surface area contributed by atoms with E-state index in [9.17, 15) is 4.39 Å². The maximum Gasteiger partial charge on any atom is 0.164 e. The number of aromatic nitrogens is 12. The summed E-state index contributed by atoms with van der Waals surface area (Å²) in [5.41, 5.74) is 17.9. The molecule has 8 heterocycles. The van der Waals surface area contributed by atoms with E-state index in [2.05, 4.69) is 325 Å². The quantitative estimate of drug-likeness (QED) is 0.138. The number of aromatic amines is 1. The summed E-state index contributed by atoms with van der Waals surface area (Å²) >= 11 is 0. The first kappa shape index (κ1) is 55.6. The maximum absolute atomic E-state index is 13.5. The molecule has 0 bridgehead atoms. The molecule has 12 nitrogen and oxygen atoms in total. The van der Waals surface area contributed by atoms with Gasteiger partial charge in [-0.1, -0.05) is 266 Å². The third kappa shape index (κ3) is 12.8. The minimum atomic E-state index is -0.630. The standard InChI is InChI=1S/C57H36N6.C36H23N3.C21H14FN3/c1-3-15-37(16-4-1)55-58-56(38-17-5-2-6-18-38)60-57(59-55)39-27-29-40(30-28-39)61-53-33-31-41(62-49-23-11-7-19-43(49)44-20-8-12-24-50(44)62)35-47(53)48-36-42(32-34-54(48)61)63-51-25-13-9-21-45(51)46-22-10-14-26-52(46)63;1-5-13-33-25(9-1)26-10-2-6-14-34(26)38(33)23-17-19-31-29(21-23)30-22-24(18-20-32(30)37-31)39-35-15-7-3-11-27(35)28-12-4-8-16-36(28)39;22-18-13-11-17(12-14-18)21-24-19(15-7-3-1-4-8-15)23-20(25-21)16-9-5-2-6-10-16/h1-36H;1-22,37H;1-14H/i1D,2D,3D,4D,5D,6D,15D,16D,17D,18D;;1D,2D,3D,4D,5D,6D,7D,8D,9D,10D. The third-order valence-electron chi connectivity index (χ3n) is 23.3. The van der Waals surface area contributed by atoms with E-state index in [-0.39, 0.29) is 62.8 Å². The molecule has 0 fully saturated rings. The second-order valence-electron chi connectivity index (χ2n) is 30.5. The molecular formula is C114H73FN12. The Morgan fingerprint density at radius 1 is 0.189 bits per heavy atom. The van der Waals surface area contributed by atoms with Crippen LogP contribution in [0.1, 0.15) is 27.4 Å². The second kappa shape index (κ2) is 30.7. The van der Waals surface area contributed by atoms with Crippen LogP contribution in [0.5, 0.6) is 0 Å². The molecule has 0 atom stereocenters. The Balaban J connectivity index is 0.000000131. The number of para-hydroxylation sites is 8. The minimum absolute atomic E-state index is 0.0148. The summed E-state index contributed by atoms with van der Waals surface area (Å²) in [7, 11) is 0. The molecule has 0 unspecified atom stereocenters. The summed E-state index contributed by atoms with van der Waals surface area (Å²) in [4.78, 5) is 30.0. The number of benzene rings is 18. The fourth-order valence-corrected chi connectivity index (χ4v) is 17.8. The van der Waals surface area contributed by atoms with Gasteiger partial charge in [-0.3, -0.25) is 0 Å². The molecule has 13 heteroatoms. The molecule has 18 aromatic carbocycles. The largest absolute Gasteiger partial charge is 0.355 e. The number of halogens is 1. The van der Waals surface area contributed by atoms with E-state index in [4.69, 9.17) is 27.4 Å². The molecule has 26 aromatic rings. The van der Waals surface area contributed by atoms with Crippen molar-refractivity contribution in [3.63, 3.8) is 0 Å². The highest BCUT2D eigenvalue weighted by Crippen LogP contribution is 2.43. The van der Waals surface area contributed by atoms with Crippen molar-refractivity contribution in [2.45, 2.75) is 0 Å². The number of hydrogen-bond donors (Lipinski definition) is 1. The number of rotatable bonds is 11. The van der Waals surface area contributed by atoms with Crippen LogP contribution in [-0.4, -0.2) is 57.7 Å². The van der Waals surface area contributed by atoms with Gasteiger partial charge in [-0.2, -0.15) is 0 Å². The first-order chi connectivity index (χ1) is 71.2. The number of nitrogens with zero attached hydrogens (tertiary/aromatic N) is 11. The van der Waals surface area contributed by atoms with Gasteiger partial charge in [0.1, 0.15) is 5.82 Å². The Hall–Kier alpha value is -17.3. The zero-order chi connectivity index (χ0) is 101. The third-order valence-corrected chi connectivity index (χ3v) is 23.3. The molecule has 0 radical (unpaired) electrons. The Labute approximate surface area is 755 Å². The lowest BCUT2D eigenvalue weighted by Crippen LogP contribution is -2.00. The topological polar surface area (TPSA) is 118 Å². The molecule has 1 N–H and O–H groups in total. The fourth-order valence-electron chi connectivity index (χ4n) is 17.8. The summed E-state index contributed by atoms with van der Waals surface area (Å²) in [5.74, 6) is -2.08. The first-order valence-corrected chi connectivity index (χ1v) is 40.9. The van der Waals surface area contributed by atoms with Crippen molar-refractivity contribution in [3.05, 3.63) is 442 Å². The van der Waals surface area contributed by atoms with E-state index in [0.29, 0.717) is 5.56 Å². The van der Waals surface area contributed by atoms with Gasteiger partial charge >= 0.3 is 0 Å². The van der Waals surface area contributed by atoms with Crippen LogP contribution in [0.2, 0.25) is 0 Å². The average molecular weight is 1650 g/mol. The van der Waals surface area contributed by atoms with Crippen molar-refractivity contribution >= 4 is 131 Å².